The van der Waals surface area contributed by atoms with Gasteiger partial charge in [0.25, 0.3) is 11.8 Å². The maximum atomic E-state index is 13.5. The Labute approximate surface area is 203 Å². The molecule has 4 rings (SSSR count). The second kappa shape index (κ2) is 9.89. The first-order chi connectivity index (χ1) is 15.9. The smallest absolute Gasteiger partial charge is 0.267 e. The molecule has 1 saturated heterocycles. The molecule has 1 fully saturated rings. The monoisotopic (exact) mass is 479 g/mol. The van der Waals surface area contributed by atoms with Crippen LogP contribution >= 0.6 is 24.0 Å². The molecule has 0 radical (unpaired) electrons. The van der Waals surface area contributed by atoms with Crippen molar-refractivity contribution >= 4 is 63.0 Å². The average Bonchev–Trinajstić information content (AvgIpc) is 3.23. The molecule has 170 valence electrons. The third-order valence-corrected chi connectivity index (χ3v) is 7.15. The van der Waals surface area contributed by atoms with Crippen molar-refractivity contribution in [1.82, 2.24) is 4.90 Å². The molecule has 0 saturated carbocycles. The standard InChI is InChI=1S/C25H25N3O3S2/c1-3-4-9-14-27-24(31)22(33-25(27)32)21-17-11-6-8-13-19(17)28(23(21)30)15-20(29)26-18-12-7-5-10-16(18)2/h5-8,10-13H,3-4,9,14-15H2,1-2H3,(H,26,29)/b22-21-. The summed E-state index contributed by atoms with van der Waals surface area (Å²) in [5.74, 6) is -0.892. The molecule has 0 spiro atoms. The van der Waals surface area contributed by atoms with Crippen LogP contribution in [0, 0.1) is 6.92 Å². The number of unbranched alkanes of at least 4 members (excludes halogenated alkanes) is 2. The Balaban J connectivity index is 1.61. The predicted molar refractivity (Wildman–Crippen MR) is 137 cm³/mol. The normalized spacial score (nSPS) is 17.7. The second-order valence-corrected chi connectivity index (χ2v) is 9.65. The fourth-order valence-corrected chi connectivity index (χ4v) is 5.35. The van der Waals surface area contributed by atoms with Gasteiger partial charge in [-0.2, -0.15) is 0 Å². The van der Waals surface area contributed by atoms with Crippen molar-refractivity contribution in [2.24, 2.45) is 0 Å². The number of benzene rings is 2. The van der Waals surface area contributed by atoms with Gasteiger partial charge in [-0.3, -0.25) is 24.2 Å². The SMILES string of the molecule is CCCCCN1C(=O)/C(=C2/C(=O)N(CC(=O)Nc3ccccc3C)c3ccccc32)SC1=S. The van der Waals surface area contributed by atoms with Gasteiger partial charge in [0.1, 0.15) is 10.9 Å². The van der Waals surface area contributed by atoms with Crippen LogP contribution in [0.25, 0.3) is 5.57 Å². The third kappa shape index (κ3) is 4.58. The number of rotatable bonds is 7. The summed E-state index contributed by atoms with van der Waals surface area (Å²) in [4.78, 5) is 42.8. The van der Waals surface area contributed by atoms with Crippen LogP contribution in [-0.2, 0) is 14.4 Å². The zero-order chi connectivity index (χ0) is 23.5. The number of amides is 3. The Hall–Kier alpha value is -2.97. The minimum atomic E-state index is -0.356. The minimum absolute atomic E-state index is 0.148. The number of aryl methyl sites for hydroxylation is 1. The van der Waals surface area contributed by atoms with Crippen LogP contribution in [0.4, 0.5) is 11.4 Å². The van der Waals surface area contributed by atoms with Crippen molar-refractivity contribution in [2.45, 2.75) is 33.1 Å². The first-order valence-electron chi connectivity index (χ1n) is 11.0. The molecule has 6 nitrogen and oxygen atoms in total. The van der Waals surface area contributed by atoms with E-state index in [0.717, 1.165) is 24.8 Å². The van der Waals surface area contributed by atoms with Gasteiger partial charge in [-0.25, -0.2) is 0 Å². The summed E-state index contributed by atoms with van der Waals surface area (Å²) in [5.41, 5.74) is 3.24. The summed E-state index contributed by atoms with van der Waals surface area (Å²) < 4.78 is 0.472. The van der Waals surface area contributed by atoms with E-state index in [2.05, 4.69) is 12.2 Å². The molecule has 2 aromatic rings. The largest absolute Gasteiger partial charge is 0.324 e. The number of carbonyl (C=O) groups excluding carboxylic acids is 3. The number of nitrogens with zero attached hydrogens (tertiary/aromatic N) is 2. The molecule has 0 aromatic heterocycles. The van der Waals surface area contributed by atoms with Crippen LogP contribution in [0.1, 0.15) is 37.3 Å². The summed E-state index contributed by atoms with van der Waals surface area (Å²) in [6.07, 6.45) is 2.91. The topological polar surface area (TPSA) is 69.7 Å². The summed E-state index contributed by atoms with van der Waals surface area (Å²) >= 11 is 6.62. The lowest BCUT2D eigenvalue weighted by Gasteiger charge is -2.17. The first-order valence-corrected chi connectivity index (χ1v) is 12.2. The second-order valence-electron chi connectivity index (χ2n) is 8.01. The Morgan fingerprint density at radius 3 is 2.48 bits per heavy atom. The molecule has 0 bridgehead atoms. The highest BCUT2D eigenvalue weighted by molar-refractivity contribution is 8.26. The fourth-order valence-electron chi connectivity index (χ4n) is 3.97. The number of hydrogen-bond donors (Lipinski definition) is 1. The number of carbonyl (C=O) groups is 3. The number of anilines is 2. The van der Waals surface area contributed by atoms with Crippen molar-refractivity contribution in [3.05, 3.63) is 64.6 Å². The van der Waals surface area contributed by atoms with Crippen LogP contribution in [0.2, 0.25) is 0 Å². The number of nitrogens with one attached hydrogen (secondary N) is 1. The van der Waals surface area contributed by atoms with E-state index in [4.69, 9.17) is 12.2 Å². The van der Waals surface area contributed by atoms with Crippen molar-refractivity contribution in [3.8, 4) is 0 Å². The van der Waals surface area contributed by atoms with Gasteiger partial charge in [0, 0.05) is 17.8 Å². The van der Waals surface area contributed by atoms with Gasteiger partial charge < -0.3 is 5.32 Å². The number of fused-ring (bicyclic) bond motifs is 1. The lowest BCUT2D eigenvalue weighted by atomic mass is 10.1. The van der Waals surface area contributed by atoms with Gasteiger partial charge in [-0.15, -0.1) is 0 Å². The fraction of sp³-hybridized carbons (Fsp3) is 0.280. The number of para-hydroxylation sites is 2. The van der Waals surface area contributed by atoms with Gasteiger partial charge in [0.2, 0.25) is 5.91 Å². The highest BCUT2D eigenvalue weighted by Crippen LogP contribution is 2.44. The van der Waals surface area contributed by atoms with E-state index in [1.807, 2.05) is 49.4 Å². The van der Waals surface area contributed by atoms with Crippen LogP contribution in [0.3, 0.4) is 0 Å². The number of thiocarbonyl (C=S) groups is 1. The van der Waals surface area contributed by atoms with E-state index in [9.17, 15) is 14.4 Å². The Morgan fingerprint density at radius 2 is 1.73 bits per heavy atom. The van der Waals surface area contributed by atoms with Crippen LogP contribution < -0.4 is 10.2 Å². The first kappa shape index (κ1) is 23.2. The molecule has 1 N–H and O–H groups in total. The van der Waals surface area contributed by atoms with Gasteiger partial charge in [0.05, 0.1) is 16.2 Å². The summed E-state index contributed by atoms with van der Waals surface area (Å²) in [5, 5.41) is 2.87. The van der Waals surface area contributed by atoms with Crippen LogP contribution in [0.15, 0.2) is 53.4 Å². The number of thioether (sulfide) groups is 1. The quantitative estimate of drug-likeness (QED) is 0.353. The molecule has 33 heavy (non-hydrogen) atoms. The molecule has 2 aliphatic rings. The van der Waals surface area contributed by atoms with E-state index in [1.54, 1.807) is 11.0 Å². The molecule has 8 heteroatoms. The van der Waals surface area contributed by atoms with Gasteiger partial charge >= 0.3 is 0 Å². The average molecular weight is 480 g/mol. The molecule has 0 aliphatic carbocycles. The van der Waals surface area contributed by atoms with E-state index in [0.29, 0.717) is 38.3 Å². The molecule has 2 aromatic carbocycles. The van der Waals surface area contributed by atoms with Crippen molar-refractivity contribution < 1.29 is 14.4 Å². The molecule has 2 heterocycles. The lowest BCUT2D eigenvalue weighted by molar-refractivity contribution is -0.122. The van der Waals surface area contributed by atoms with E-state index in [1.165, 1.54) is 16.7 Å². The minimum Gasteiger partial charge on any atom is -0.324 e. The Morgan fingerprint density at radius 1 is 1.00 bits per heavy atom. The van der Waals surface area contributed by atoms with E-state index < -0.39 is 0 Å². The molecule has 3 amide bonds. The van der Waals surface area contributed by atoms with E-state index >= 15 is 0 Å². The maximum Gasteiger partial charge on any atom is 0.267 e. The van der Waals surface area contributed by atoms with Gasteiger partial charge in [0.15, 0.2) is 0 Å². The Bertz CT molecular complexity index is 1170. The van der Waals surface area contributed by atoms with Crippen molar-refractivity contribution in [2.75, 3.05) is 23.3 Å². The molecule has 0 atom stereocenters. The van der Waals surface area contributed by atoms with Crippen molar-refractivity contribution in [3.63, 3.8) is 0 Å². The Kier molecular flexibility index (Phi) is 6.95. The predicted octanol–water partition coefficient (Wildman–Crippen LogP) is 4.74. The maximum absolute atomic E-state index is 13.5. The number of hydrogen-bond acceptors (Lipinski definition) is 5. The highest BCUT2D eigenvalue weighted by atomic mass is 32.2. The van der Waals surface area contributed by atoms with Gasteiger partial charge in [-0.05, 0) is 31.0 Å². The molecular formula is C25H25N3O3S2. The lowest BCUT2D eigenvalue weighted by Crippen LogP contribution is -2.35. The summed E-state index contributed by atoms with van der Waals surface area (Å²) in [7, 11) is 0. The molecular weight excluding hydrogens is 454 g/mol. The molecule has 2 aliphatic heterocycles. The van der Waals surface area contributed by atoms with E-state index in [-0.39, 0.29) is 24.3 Å². The van der Waals surface area contributed by atoms with Crippen LogP contribution in [0.5, 0.6) is 0 Å². The summed E-state index contributed by atoms with van der Waals surface area (Å²) in [6, 6.07) is 14.7. The van der Waals surface area contributed by atoms with Gasteiger partial charge in [-0.1, -0.05) is 80.1 Å². The van der Waals surface area contributed by atoms with Crippen LogP contribution in [-0.4, -0.2) is 40.0 Å². The van der Waals surface area contributed by atoms with Crippen molar-refractivity contribution in [1.29, 1.82) is 0 Å². The third-order valence-electron chi connectivity index (χ3n) is 5.71. The molecule has 0 unspecified atom stereocenters. The highest BCUT2D eigenvalue weighted by Gasteiger charge is 2.42. The summed E-state index contributed by atoms with van der Waals surface area (Å²) in [6.45, 7) is 4.41. The zero-order valence-electron chi connectivity index (χ0n) is 18.6. The zero-order valence-corrected chi connectivity index (χ0v) is 20.2.